The highest BCUT2D eigenvalue weighted by molar-refractivity contribution is 7.92. The molecule has 5 heterocycles. The van der Waals surface area contributed by atoms with Crippen LogP contribution in [0.5, 0.6) is 0 Å². The van der Waals surface area contributed by atoms with E-state index in [0.29, 0.717) is 47.0 Å². The number of rotatable bonds is 9. The lowest BCUT2D eigenvalue weighted by molar-refractivity contribution is -0.140. The standard InChI is InChI=1S/C35H32F7N7O4S3/c36-24-5-2-4-23(35(40,41)42)31(24)56(52,53)47-25-6-1-3-20(27(25)37)29-30(26-9-10-43-32(44-26)45-28-21-15-55(50,51)16-22(21)28)54-33(46-29)49-17-7-8-18(49)14-48(13-17)19-11-34(38,39)12-19/h1-6,9-10,17-19,21-22,28,47H,7-8,11-16H2,(H,43,44,45)/t17?,18?,21-,22+,28?. The number of thiazole rings is 1. The van der Waals surface area contributed by atoms with Crippen molar-refractivity contribution in [2.24, 2.45) is 11.8 Å². The zero-order chi connectivity index (χ0) is 39.5. The monoisotopic (exact) mass is 843 g/mol. The number of hydrogen-bond acceptors (Lipinski definition) is 11. The maximum Gasteiger partial charge on any atom is 0.417 e. The van der Waals surface area contributed by atoms with Crippen molar-refractivity contribution in [3.05, 3.63) is 65.9 Å². The van der Waals surface area contributed by atoms with Crippen LogP contribution in [0.4, 0.5) is 47.5 Å². The van der Waals surface area contributed by atoms with Crippen molar-refractivity contribution < 1.29 is 47.6 Å². The van der Waals surface area contributed by atoms with Gasteiger partial charge in [0.05, 0.1) is 39.0 Å². The highest BCUT2D eigenvalue weighted by Crippen LogP contribution is 2.50. The van der Waals surface area contributed by atoms with Crippen LogP contribution in [-0.2, 0) is 26.0 Å². The fourth-order valence-corrected chi connectivity index (χ4v) is 13.4. The Morgan fingerprint density at radius 1 is 0.911 bits per heavy atom. The molecule has 56 heavy (non-hydrogen) atoms. The smallest absolute Gasteiger partial charge is 0.351 e. The second-order valence-corrected chi connectivity index (χ2v) is 19.8. The molecule has 0 radical (unpaired) electrons. The van der Waals surface area contributed by atoms with Gasteiger partial charge in [-0.05, 0) is 55.0 Å². The number of nitrogens with zero attached hydrogens (tertiary/aromatic N) is 5. The number of piperazine rings is 1. The van der Waals surface area contributed by atoms with Crippen molar-refractivity contribution in [3.8, 4) is 21.8 Å². The van der Waals surface area contributed by atoms with E-state index in [1.807, 2.05) is 0 Å². The van der Waals surface area contributed by atoms with Crippen molar-refractivity contribution in [1.29, 1.82) is 0 Å². The molecule has 298 valence electrons. The first kappa shape index (κ1) is 37.5. The lowest BCUT2D eigenvalue weighted by atomic mass is 9.86. The maximum absolute atomic E-state index is 16.6. The van der Waals surface area contributed by atoms with Gasteiger partial charge in [0.25, 0.3) is 15.9 Å². The van der Waals surface area contributed by atoms with E-state index < -0.39 is 59.7 Å². The summed E-state index contributed by atoms with van der Waals surface area (Å²) in [5.74, 6) is -5.39. The second-order valence-electron chi connectivity index (χ2n) is 15.1. The summed E-state index contributed by atoms with van der Waals surface area (Å²) >= 11 is 1.18. The minimum Gasteiger partial charge on any atom is -0.351 e. The molecule has 2 N–H and O–H groups in total. The van der Waals surface area contributed by atoms with E-state index >= 15 is 4.39 Å². The zero-order valence-electron chi connectivity index (χ0n) is 29.0. The van der Waals surface area contributed by atoms with Crippen LogP contribution in [-0.4, -0.2) is 91.4 Å². The van der Waals surface area contributed by atoms with Crippen molar-refractivity contribution in [3.63, 3.8) is 0 Å². The van der Waals surface area contributed by atoms with Gasteiger partial charge < -0.3 is 10.2 Å². The third-order valence-corrected chi connectivity index (χ3v) is 15.7. The topological polar surface area (TPSA) is 137 Å². The van der Waals surface area contributed by atoms with Crippen molar-refractivity contribution in [2.45, 2.75) is 66.8 Å². The average Bonchev–Trinajstić information content (AvgIpc) is 3.40. The van der Waals surface area contributed by atoms with Gasteiger partial charge in [0, 0.05) is 61.9 Å². The molecule has 2 aliphatic carbocycles. The second kappa shape index (κ2) is 13.0. The van der Waals surface area contributed by atoms with E-state index in [2.05, 4.69) is 25.1 Å². The summed E-state index contributed by atoms with van der Waals surface area (Å²) in [5.41, 5.74) is -2.42. The van der Waals surface area contributed by atoms with E-state index in [9.17, 15) is 43.2 Å². The van der Waals surface area contributed by atoms with E-state index in [1.165, 1.54) is 29.7 Å². The lowest BCUT2D eigenvalue weighted by Crippen LogP contribution is -2.61. The minimum atomic E-state index is -5.33. The van der Waals surface area contributed by atoms with Gasteiger partial charge in [-0.15, -0.1) is 0 Å². The van der Waals surface area contributed by atoms with Crippen LogP contribution in [0.1, 0.15) is 31.2 Å². The Kier molecular flexibility index (Phi) is 8.68. The Labute approximate surface area is 320 Å². The summed E-state index contributed by atoms with van der Waals surface area (Å²) < 4.78 is 153. The van der Waals surface area contributed by atoms with Crippen LogP contribution in [0, 0.1) is 23.5 Å². The van der Waals surface area contributed by atoms with Crippen molar-refractivity contribution >= 4 is 48.0 Å². The van der Waals surface area contributed by atoms with Gasteiger partial charge in [-0.1, -0.05) is 23.5 Å². The normalized spacial score (nSPS) is 26.8. The lowest BCUT2D eigenvalue weighted by Gasteiger charge is -2.49. The van der Waals surface area contributed by atoms with Gasteiger partial charge in [-0.25, -0.2) is 49.3 Å². The number of nitrogens with one attached hydrogen (secondary N) is 2. The molecule has 0 spiro atoms. The highest BCUT2D eigenvalue weighted by atomic mass is 32.2. The largest absolute Gasteiger partial charge is 0.417 e. The van der Waals surface area contributed by atoms with E-state index in [-0.39, 0.29) is 77.6 Å². The van der Waals surface area contributed by atoms with Crippen LogP contribution in [0.25, 0.3) is 21.8 Å². The molecule has 2 saturated carbocycles. The molecule has 2 bridgehead atoms. The number of benzene rings is 2. The third-order valence-electron chi connectivity index (χ3n) is 11.4. The molecule has 5 atom stereocenters. The molecule has 11 nitrogen and oxygen atoms in total. The summed E-state index contributed by atoms with van der Waals surface area (Å²) in [4.78, 5) is 16.7. The van der Waals surface area contributed by atoms with Crippen LogP contribution < -0.4 is 14.9 Å². The molecule has 3 saturated heterocycles. The first-order valence-electron chi connectivity index (χ1n) is 17.8. The summed E-state index contributed by atoms with van der Waals surface area (Å²) in [6.07, 6.45) is -2.66. The number of hydrogen-bond donors (Lipinski definition) is 2. The Morgan fingerprint density at radius 3 is 2.25 bits per heavy atom. The summed E-state index contributed by atoms with van der Waals surface area (Å²) in [5, 5.41) is 3.67. The molecule has 4 aromatic rings. The van der Waals surface area contributed by atoms with E-state index in [4.69, 9.17) is 4.98 Å². The number of halogens is 7. The van der Waals surface area contributed by atoms with Gasteiger partial charge in [-0.3, -0.25) is 9.62 Å². The third kappa shape index (κ3) is 6.66. The minimum absolute atomic E-state index is 0.0323. The van der Waals surface area contributed by atoms with Crippen molar-refractivity contribution in [1.82, 2.24) is 19.9 Å². The molecule has 9 rings (SSSR count). The molecular formula is C35H32F7N7O4S3. The molecule has 5 fully saturated rings. The number of likely N-dealkylation sites (tertiary alicyclic amines) is 1. The predicted molar refractivity (Wildman–Crippen MR) is 193 cm³/mol. The molecule has 5 aliphatic rings. The van der Waals surface area contributed by atoms with Crippen LogP contribution in [0.3, 0.4) is 0 Å². The Hall–Kier alpha value is -4.08. The van der Waals surface area contributed by atoms with Crippen LogP contribution in [0.15, 0.2) is 53.6 Å². The molecule has 2 aromatic heterocycles. The summed E-state index contributed by atoms with van der Waals surface area (Å²) in [6, 6.07) is 6.26. The maximum atomic E-state index is 16.6. The molecule has 0 amide bonds. The molecule has 21 heteroatoms. The quantitative estimate of drug-likeness (QED) is 0.186. The van der Waals surface area contributed by atoms with Gasteiger partial charge in [0.15, 0.2) is 20.8 Å². The van der Waals surface area contributed by atoms with Gasteiger partial charge in [0.2, 0.25) is 5.95 Å². The summed E-state index contributed by atoms with van der Waals surface area (Å²) in [6.45, 7) is 1.04. The molecule has 3 unspecified atom stereocenters. The fraction of sp³-hybridized carbons (Fsp3) is 0.457. The summed E-state index contributed by atoms with van der Waals surface area (Å²) in [7, 11) is -8.43. The molecular weight excluding hydrogens is 812 g/mol. The number of fused-ring (bicyclic) bond motifs is 3. The molecule has 3 aliphatic heterocycles. The fourth-order valence-electron chi connectivity index (χ4n) is 8.68. The van der Waals surface area contributed by atoms with Gasteiger partial charge in [0.1, 0.15) is 10.7 Å². The average molecular weight is 844 g/mol. The SMILES string of the molecule is O=S1(=O)C[C@@H]2C(Nc3nccc(-c4sc(N5C6CCC5CN(C5CC(F)(F)C5)C6)nc4-c4cccc(NS(=O)(=O)c5c(F)cccc5C(F)(F)F)c4F)n3)[C@@H]2C1. The van der Waals surface area contributed by atoms with E-state index in [0.717, 1.165) is 18.9 Å². The Balaban J connectivity index is 1.08. The highest BCUT2D eigenvalue weighted by Gasteiger charge is 2.59. The molecule has 2 aromatic carbocycles. The first-order chi connectivity index (χ1) is 26.4. The predicted octanol–water partition coefficient (Wildman–Crippen LogP) is 6.27. The van der Waals surface area contributed by atoms with Crippen LogP contribution in [0.2, 0.25) is 0 Å². The van der Waals surface area contributed by atoms with Crippen LogP contribution >= 0.6 is 11.3 Å². The van der Waals surface area contributed by atoms with Gasteiger partial charge >= 0.3 is 6.18 Å². The number of anilines is 3. The van der Waals surface area contributed by atoms with Crippen molar-refractivity contribution in [2.75, 3.05) is 39.5 Å². The number of sulfonamides is 1. The Bertz CT molecular complexity index is 2430. The number of aromatic nitrogens is 3. The number of alkyl halides is 5. The zero-order valence-corrected chi connectivity index (χ0v) is 31.4. The number of sulfone groups is 1. The Morgan fingerprint density at radius 2 is 1.59 bits per heavy atom. The van der Waals surface area contributed by atoms with Gasteiger partial charge in [-0.2, -0.15) is 13.2 Å². The first-order valence-corrected chi connectivity index (χ1v) is 21.9. The van der Waals surface area contributed by atoms with E-state index in [1.54, 1.807) is 10.8 Å².